The van der Waals surface area contributed by atoms with E-state index in [1.54, 1.807) is 5.38 Å². The van der Waals surface area contributed by atoms with E-state index in [0.717, 1.165) is 18.1 Å². The fraction of sp³-hybridized carbons (Fsp3) is 0.412. The van der Waals surface area contributed by atoms with Gasteiger partial charge in [-0.3, -0.25) is 4.79 Å². The van der Waals surface area contributed by atoms with Crippen molar-refractivity contribution in [1.29, 1.82) is 0 Å². The largest absolute Gasteiger partial charge is 0.347 e. The molecule has 0 bridgehead atoms. The van der Waals surface area contributed by atoms with E-state index in [9.17, 15) is 4.79 Å². The maximum atomic E-state index is 12.2. The van der Waals surface area contributed by atoms with Crippen LogP contribution < -0.4 is 11.1 Å². The number of nitrogens with two attached hydrogens (primary N) is 1. The first-order valence-corrected chi connectivity index (χ1v) is 8.64. The number of rotatable bonds is 8. The van der Waals surface area contributed by atoms with Crippen molar-refractivity contribution in [3.8, 4) is 0 Å². The van der Waals surface area contributed by atoms with Crippen LogP contribution >= 0.6 is 11.3 Å². The summed E-state index contributed by atoms with van der Waals surface area (Å²) in [5, 5.41) is 5.70. The Morgan fingerprint density at radius 3 is 2.83 bits per heavy atom. The number of amides is 1. The van der Waals surface area contributed by atoms with E-state index in [0.29, 0.717) is 18.7 Å². The van der Waals surface area contributed by atoms with E-state index in [-0.39, 0.29) is 11.9 Å². The maximum Gasteiger partial charge on any atom is 0.271 e. The number of nitrogens with zero attached hydrogens (tertiary/aromatic N) is 2. The second kappa shape index (κ2) is 8.76. The quantitative estimate of drug-likeness (QED) is 0.774. The van der Waals surface area contributed by atoms with E-state index in [1.807, 2.05) is 25.1 Å². The van der Waals surface area contributed by atoms with Crippen LogP contribution in [-0.4, -0.2) is 42.0 Å². The highest BCUT2D eigenvalue weighted by atomic mass is 32.1. The third-order valence-corrected chi connectivity index (χ3v) is 4.31. The van der Waals surface area contributed by atoms with Gasteiger partial charge in [0.2, 0.25) is 0 Å². The SMILES string of the molecule is CC(CN(C)Cc1ccccc1)NC(=O)c1csc(CCN)n1. The number of likely N-dealkylation sites (N-methyl/N-ethyl adjacent to an activating group) is 1. The molecular formula is C17H24N4OS. The predicted octanol–water partition coefficient (Wildman–Crippen LogP) is 1.89. The van der Waals surface area contributed by atoms with E-state index in [4.69, 9.17) is 5.73 Å². The van der Waals surface area contributed by atoms with Crippen LogP contribution in [-0.2, 0) is 13.0 Å². The molecule has 0 radical (unpaired) electrons. The highest BCUT2D eigenvalue weighted by Crippen LogP contribution is 2.10. The van der Waals surface area contributed by atoms with Crippen molar-refractivity contribution in [2.75, 3.05) is 20.1 Å². The number of nitrogens with one attached hydrogen (secondary N) is 1. The van der Waals surface area contributed by atoms with E-state index in [1.165, 1.54) is 16.9 Å². The molecule has 2 rings (SSSR count). The van der Waals surface area contributed by atoms with Gasteiger partial charge in [-0.2, -0.15) is 0 Å². The zero-order valence-electron chi connectivity index (χ0n) is 13.7. The number of carbonyl (C=O) groups excluding carboxylic acids is 1. The van der Waals surface area contributed by atoms with Crippen LogP contribution in [0.15, 0.2) is 35.7 Å². The van der Waals surface area contributed by atoms with Crippen molar-refractivity contribution in [2.24, 2.45) is 5.73 Å². The summed E-state index contributed by atoms with van der Waals surface area (Å²) in [7, 11) is 2.05. The van der Waals surface area contributed by atoms with Gasteiger partial charge in [-0.25, -0.2) is 4.98 Å². The molecule has 0 aliphatic rings. The highest BCUT2D eigenvalue weighted by molar-refractivity contribution is 7.09. The lowest BCUT2D eigenvalue weighted by Gasteiger charge is -2.22. The first-order chi connectivity index (χ1) is 11.1. The fourth-order valence-corrected chi connectivity index (χ4v) is 3.22. The molecule has 1 heterocycles. The number of hydrogen-bond donors (Lipinski definition) is 2. The first-order valence-electron chi connectivity index (χ1n) is 7.76. The summed E-state index contributed by atoms with van der Waals surface area (Å²) in [6.07, 6.45) is 0.716. The first kappa shape index (κ1) is 17.6. The van der Waals surface area contributed by atoms with Gasteiger partial charge in [0.05, 0.1) is 5.01 Å². The van der Waals surface area contributed by atoms with Crippen molar-refractivity contribution < 1.29 is 4.79 Å². The van der Waals surface area contributed by atoms with Crippen molar-refractivity contribution in [1.82, 2.24) is 15.2 Å². The second-order valence-electron chi connectivity index (χ2n) is 5.72. The molecule has 23 heavy (non-hydrogen) atoms. The van der Waals surface area contributed by atoms with Gasteiger partial charge in [0.15, 0.2) is 0 Å². The summed E-state index contributed by atoms with van der Waals surface area (Å²) in [6, 6.07) is 10.3. The van der Waals surface area contributed by atoms with E-state index >= 15 is 0 Å². The standard InChI is InChI=1S/C17H24N4OS/c1-13(10-21(2)11-14-6-4-3-5-7-14)19-17(22)15-12-23-16(20-15)8-9-18/h3-7,12-13H,8-11,18H2,1-2H3,(H,19,22). The molecule has 2 aromatic rings. The molecule has 1 aromatic carbocycles. The molecule has 5 nitrogen and oxygen atoms in total. The summed E-state index contributed by atoms with van der Waals surface area (Å²) in [5.74, 6) is -0.120. The van der Waals surface area contributed by atoms with Crippen molar-refractivity contribution in [3.63, 3.8) is 0 Å². The molecule has 3 N–H and O–H groups in total. The third-order valence-electron chi connectivity index (χ3n) is 3.40. The molecule has 1 amide bonds. The van der Waals surface area contributed by atoms with Crippen LogP contribution in [0.5, 0.6) is 0 Å². The molecule has 6 heteroatoms. The smallest absolute Gasteiger partial charge is 0.271 e. The van der Waals surface area contributed by atoms with Crippen molar-refractivity contribution >= 4 is 17.2 Å². The molecule has 124 valence electrons. The predicted molar refractivity (Wildman–Crippen MR) is 94.6 cm³/mol. The molecule has 1 aromatic heterocycles. The Bertz CT molecular complexity index is 614. The van der Waals surface area contributed by atoms with Gasteiger partial charge in [0, 0.05) is 30.9 Å². The number of thiazole rings is 1. The average Bonchev–Trinajstić information content (AvgIpc) is 2.97. The number of hydrogen-bond acceptors (Lipinski definition) is 5. The van der Waals surface area contributed by atoms with Gasteiger partial charge in [-0.15, -0.1) is 11.3 Å². The van der Waals surface area contributed by atoms with Crippen LogP contribution in [0.3, 0.4) is 0 Å². The molecule has 0 aliphatic carbocycles. The summed E-state index contributed by atoms with van der Waals surface area (Å²) < 4.78 is 0. The lowest BCUT2D eigenvalue weighted by Crippen LogP contribution is -2.40. The Balaban J connectivity index is 1.81. The second-order valence-corrected chi connectivity index (χ2v) is 6.66. The Hall–Kier alpha value is -1.76. The molecule has 0 saturated carbocycles. The molecule has 1 unspecified atom stereocenters. The number of aromatic nitrogens is 1. The van der Waals surface area contributed by atoms with E-state index in [2.05, 4.69) is 34.4 Å². The fourth-order valence-electron chi connectivity index (χ4n) is 2.42. The molecule has 0 saturated heterocycles. The molecule has 0 fully saturated rings. The monoisotopic (exact) mass is 332 g/mol. The van der Waals surface area contributed by atoms with Crippen LogP contribution in [0.1, 0.15) is 28.0 Å². The third kappa shape index (κ3) is 5.74. The number of benzene rings is 1. The van der Waals surface area contributed by atoms with Crippen molar-refractivity contribution in [2.45, 2.75) is 25.9 Å². The molecule has 0 aliphatic heterocycles. The van der Waals surface area contributed by atoms with Gasteiger partial charge < -0.3 is 16.0 Å². The summed E-state index contributed by atoms with van der Waals surface area (Å²) in [5.41, 5.74) is 7.25. The lowest BCUT2D eigenvalue weighted by molar-refractivity contribution is 0.0927. The van der Waals surface area contributed by atoms with Gasteiger partial charge in [0.25, 0.3) is 5.91 Å². The topological polar surface area (TPSA) is 71.2 Å². The zero-order valence-corrected chi connectivity index (χ0v) is 14.5. The van der Waals surface area contributed by atoms with Gasteiger partial charge >= 0.3 is 0 Å². The Morgan fingerprint density at radius 1 is 1.39 bits per heavy atom. The minimum absolute atomic E-state index is 0.0517. The van der Waals surface area contributed by atoms with Crippen LogP contribution in [0.4, 0.5) is 0 Å². The minimum atomic E-state index is -0.120. The minimum Gasteiger partial charge on any atom is -0.347 e. The lowest BCUT2D eigenvalue weighted by atomic mass is 10.2. The summed E-state index contributed by atoms with van der Waals surface area (Å²) in [6.45, 7) is 4.20. The molecular weight excluding hydrogens is 308 g/mol. The number of carbonyl (C=O) groups is 1. The Labute approximate surface area is 141 Å². The summed E-state index contributed by atoms with van der Waals surface area (Å²) in [4.78, 5) is 18.7. The van der Waals surface area contributed by atoms with E-state index < -0.39 is 0 Å². The Kier molecular flexibility index (Phi) is 6.70. The summed E-state index contributed by atoms with van der Waals surface area (Å²) >= 11 is 1.48. The van der Waals surface area contributed by atoms with Crippen LogP contribution in [0.2, 0.25) is 0 Å². The van der Waals surface area contributed by atoms with Crippen molar-refractivity contribution in [3.05, 3.63) is 52.0 Å². The average molecular weight is 332 g/mol. The van der Waals surface area contributed by atoms with Crippen LogP contribution in [0, 0.1) is 0 Å². The molecule has 0 spiro atoms. The highest BCUT2D eigenvalue weighted by Gasteiger charge is 2.14. The Morgan fingerprint density at radius 2 is 2.13 bits per heavy atom. The van der Waals surface area contributed by atoms with Crippen LogP contribution in [0.25, 0.3) is 0 Å². The molecule has 1 atom stereocenters. The maximum absolute atomic E-state index is 12.2. The van der Waals surface area contributed by atoms with Gasteiger partial charge in [-0.05, 0) is 26.1 Å². The normalized spacial score (nSPS) is 12.3. The van der Waals surface area contributed by atoms with Gasteiger partial charge in [0.1, 0.15) is 5.69 Å². The zero-order chi connectivity index (χ0) is 16.7. The van der Waals surface area contributed by atoms with Gasteiger partial charge in [-0.1, -0.05) is 30.3 Å².